The van der Waals surface area contributed by atoms with Crippen molar-refractivity contribution < 1.29 is 29.1 Å². The second-order valence-corrected chi connectivity index (χ2v) is 9.26. The monoisotopic (exact) mass is 435 g/mol. The fraction of sp³-hybridized carbons (Fsp3) is 0.762. The number of carbonyl (C=O) groups is 1. The molecule has 10 heteroatoms. The van der Waals surface area contributed by atoms with E-state index >= 15 is 0 Å². The molecule has 2 saturated heterocycles. The van der Waals surface area contributed by atoms with E-state index in [9.17, 15) is 9.90 Å². The highest BCUT2D eigenvalue weighted by Gasteiger charge is 2.52. The molecule has 0 bridgehead atoms. The third-order valence-electron chi connectivity index (χ3n) is 6.45. The van der Waals surface area contributed by atoms with E-state index in [4.69, 9.17) is 19.2 Å². The summed E-state index contributed by atoms with van der Waals surface area (Å²) in [4.78, 5) is 22.5. The fourth-order valence-electron chi connectivity index (χ4n) is 3.84. The molecule has 0 saturated carbocycles. The van der Waals surface area contributed by atoms with E-state index < -0.39 is 36.9 Å². The number of amides is 1. The molecule has 3 heterocycles. The van der Waals surface area contributed by atoms with Gasteiger partial charge in [-0.25, -0.2) is 9.97 Å². The van der Waals surface area contributed by atoms with Gasteiger partial charge in [0.2, 0.25) is 0 Å². The van der Waals surface area contributed by atoms with E-state index in [1.165, 1.54) is 0 Å². The Morgan fingerprint density at radius 3 is 2.52 bits per heavy atom. The molecule has 2 aliphatic heterocycles. The van der Waals surface area contributed by atoms with Gasteiger partial charge in [-0.15, -0.1) is 0 Å². The van der Waals surface area contributed by atoms with Crippen LogP contribution < -0.4 is 10.2 Å². The van der Waals surface area contributed by atoms with Gasteiger partial charge in [0.15, 0.2) is 6.10 Å². The van der Waals surface area contributed by atoms with Gasteiger partial charge in [-0.2, -0.15) is 0 Å². The number of aromatic nitrogens is 2. The minimum atomic E-state index is -1.34. The molecule has 9 nitrogen and oxygen atoms in total. The van der Waals surface area contributed by atoms with Crippen LogP contribution in [0.25, 0.3) is 0 Å². The van der Waals surface area contributed by atoms with E-state index in [1.807, 2.05) is 27.7 Å². The summed E-state index contributed by atoms with van der Waals surface area (Å²) in [5, 5.41) is 18.7. The molecule has 0 aromatic carbocycles. The predicted octanol–water partition coefficient (Wildman–Crippen LogP) is 0.669. The topological polar surface area (TPSA) is 114 Å². The molecule has 0 aliphatic carbocycles. The van der Waals surface area contributed by atoms with Crippen LogP contribution in [0.2, 0.25) is 0 Å². The van der Waals surface area contributed by atoms with Crippen molar-refractivity contribution in [2.75, 3.05) is 19.8 Å². The summed E-state index contributed by atoms with van der Waals surface area (Å²) in [6.07, 6.45) is 6.32. The Morgan fingerprint density at radius 1 is 1.26 bits per heavy atom. The molecule has 2 atom stereocenters. The van der Waals surface area contributed by atoms with Crippen LogP contribution in [0.1, 0.15) is 59.8 Å². The summed E-state index contributed by atoms with van der Waals surface area (Å²) < 4.78 is 17.7. The van der Waals surface area contributed by atoms with Crippen molar-refractivity contribution >= 4 is 18.5 Å². The summed E-state index contributed by atoms with van der Waals surface area (Å²) in [6, 6.07) is 0.338. The number of hydrogen-bond acceptors (Lipinski definition) is 8. The molecule has 1 aromatic rings. The highest BCUT2D eigenvalue weighted by Crippen LogP contribution is 2.36. The number of hydrogen-bond donors (Lipinski definition) is 2. The van der Waals surface area contributed by atoms with Crippen LogP contribution in [0.4, 0.5) is 0 Å². The number of ether oxygens (including phenoxy) is 1. The average Bonchev–Trinajstić information content (AvgIpc) is 2.97. The molecule has 3 rings (SSSR count). The van der Waals surface area contributed by atoms with Crippen molar-refractivity contribution in [3.63, 3.8) is 0 Å². The Morgan fingerprint density at radius 2 is 1.90 bits per heavy atom. The van der Waals surface area contributed by atoms with E-state index in [1.54, 1.807) is 17.3 Å². The summed E-state index contributed by atoms with van der Waals surface area (Å²) in [5.74, 6) is -0.394. The summed E-state index contributed by atoms with van der Waals surface area (Å²) in [6.45, 7) is 8.48. The van der Waals surface area contributed by atoms with Gasteiger partial charge in [0.1, 0.15) is 0 Å². The van der Waals surface area contributed by atoms with Gasteiger partial charge in [0.25, 0.3) is 5.91 Å². The Bertz CT molecular complexity index is 729. The summed E-state index contributed by atoms with van der Waals surface area (Å²) >= 11 is 0. The van der Waals surface area contributed by atoms with E-state index in [0.717, 1.165) is 37.6 Å². The summed E-state index contributed by atoms with van der Waals surface area (Å²) in [7, 11) is -0.511. The molecule has 2 N–H and O–H groups in total. The number of nitrogens with zero attached hydrogens (tertiary/aromatic N) is 3. The van der Waals surface area contributed by atoms with Crippen molar-refractivity contribution in [1.29, 1.82) is 0 Å². The number of likely N-dealkylation sites (tertiary alicyclic amines) is 1. The van der Waals surface area contributed by atoms with Crippen LogP contribution in [0, 0.1) is 0 Å². The highest BCUT2D eigenvalue weighted by atomic mass is 16.7. The third-order valence-corrected chi connectivity index (χ3v) is 6.45. The average molecular weight is 435 g/mol. The van der Waals surface area contributed by atoms with Gasteiger partial charge >= 0.3 is 13.1 Å². The zero-order valence-corrected chi connectivity index (χ0v) is 18.9. The van der Waals surface area contributed by atoms with Crippen molar-refractivity contribution in [2.45, 2.75) is 83.1 Å². The van der Waals surface area contributed by atoms with Crippen LogP contribution in [-0.4, -0.2) is 81.2 Å². The Kier molecular flexibility index (Phi) is 7.57. The minimum Gasteiger partial charge on any atom is -0.463 e. The first-order valence-corrected chi connectivity index (χ1v) is 11.0. The van der Waals surface area contributed by atoms with E-state index in [2.05, 4.69) is 9.97 Å². The lowest BCUT2D eigenvalue weighted by molar-refractivity contribution is -0.146. The number of piperidine rings is 1. The Labute approximate surface area is 184 Å². The predicted molar refractivity (Wildman–Crippen MR) is 115 cm³/mol. The number of rotatable bonds is 8. The third kappa shape index (κ3) is 5.55. The summed E-state index contributed by atoms with van der Waals surface area (Å²) in [5.41, 5.74) is -0.104. The first-order chi connectivity index (χ1) is 14.6. The molecule has 0 radical (unpaired) electrons. The standard InChI is InChI=1S/C21H34BN3O6/c1-20(2)21(3,4)31-22(30-20)15-12-23-19(24-13-15)29-11-7-9-16-8-5-6-10-25(16)18(28)17(27)14-26/h12-13,16-17,26-27H,5-11,14H2,1-4H3/t16-,17+/m0/s1. The second kappa shape index (κ2) is 9.81. The fourth-order valence-corrected chi connectivity index (χ4v) is 3.84. The zero-order valence-electron chi connectivity index (χ0n) is 18.9. The van der Waals surface area contributed by atoms with E-state index in [-0.39, 0.29) is 12.1 Å². The smallest absolute Gasteiger partial charge is 0.463 e. The van der Waals surface area contributed by atoms with Gasteiger partial charge < -0.3 is 29.2 Å². The molecule has 1 aromatic heterocycles. The number of aliphatic hydroxyl groups is 2. The maximum atomic E-state index is 12.3. The van der Waals surface area contributed by atoms with Crippen LogP contribution in [0.15, 0.2) is 12.4 Å². The number of aliphatic hydroxyl groups excluding tert-OH is 2. The maximum Gasteiger partial charge on any atom is 0.498 e. The first kappa shape index (κ1) is 23.9. The minimum absolute atomic E-state index is 0.0534. The highest BCUT2D eigenvalue weighted by molar-refractivity contribution is 6.61. The van der Waals surface area contributed by atoms with Crippen LogP contribution >= 0.6 is 0 Å². The molecular weight excluding hydrogens is 401 g/mol. The van der Waals surface area contributed by atoms with Crippen molar-refractivity contribution in [1.82, 2.24) is 14.9 Å². The van der Waals surface area contributed by atoms with Crippen LogP contribution in [-0.2, 0) is 14.1 Å². The normalized spacial score (nSPS) is 23.6. The van der Waals surface area contributed by atoms with Gasteiger partial charge in [0, 0.05) is 30.4 Å². The van der Waals surface area contributed by atoms with Gasteiger partial charge in [-0.05, 0) is 59.8 Å². The molecule has 2 fully saturated rings. The number of carbonyl (C=O) groups excluding carboxylic acids is 1. The molecule has 1 amide bonds. The lowest BCUT2D eigenvalue weighted by atomic mass is 9.81. The van der Waals surface area contributed by atoms with Crippen LogP contribution in [0.5, 0.6) is 6.01 Å². The Hall–Kier alpha value is -1.75. The Balaban J connectivity index is 1.46. The van der Waals surface area contributed by atoms with Gasteiger partial charge in [-0.1, -0.05) is 0 Å². The van der Waals surface area contributed by atoms with E-state index in [0.29, 0.717) is 13.2 Å². The largest absolute Gasteiger partial charge is 0.498 e. The molecule has 0 spiro atoms. The van der Waals surface area contributed by atoms with Crippen LogP contribution in [0.3, 0.4) is 0 Å². The van der Waals surface area contributed by atoms with Crippen molar-refractivity contribution in [3.05, 3.63) is 12.4 Å². The lowest BCUT2D eigenvalue weighted by Gasteiger charge is -2.36. The first-order valence-electron chi connectivity index (χ1n) is 11.0. The maximum absolute atomic E-state index is 12.3. The zero-order chi connectivity index (χ0) is 22.6. The lowest BCUT2D eigenvalue weighted by Crippen LogP contribution is -2.49. The van der Waals surface area contributed by atoms with Gasteiger partial charge in [0.05, 0.1) is 24.4 Å². The quantitative estimate of drug-likeness (QED) is 0.453. The molecule has 2 aliphatic rings. The SMILES string of the molecule is CC1(C)OB(c2cnc(OCCC[C@@H]3CCCCN3C(=O)[C@H](O)CO)nc2)OC1(C)C. The van der Waals surface area contributed by atoms with Crippen molar-refractivity contribution in [3.8, 4) is 6.01 Å². The molecule has 0 unspecified atom stereocenters. The molecular formula is C21H34BN3O6. The van der Waals surface area contributed by atoms with Gasteiger partial charge in [-0.3, -0.25) is 4.79 Å². The molecule has 172 valence electrons. The molecule has 31 heavy (non-hydrogen) atoms. The van der Waals surface area contributed by atoms with Crippen molar-refractivity contribution in [2.24, 2.45) is 0 Å². The second-order valence-electron chi connectivity index (χ2n) is 9.26.